The van der Waals surface area contributed by atoms with Gasteiger partial charge in [-0.1, -0.05) is 20.3 Å². The van der Waals surface area contributed by atoms with Gasteiger partial charge in [-0.05, 0) is 30.7 Å². The zero-order valence-corrected chi connectivity index (χ0v) is 7.98. The molecule has 0 spiro atoms. The molecule has 1 saturated carbocycles. The molecule has 0 radical (unpaired) electrons. The van der Waals surface area contributed by atoms with Gasteiger partial charge in [0.15, 0.2) is 0 Å². The smallest absolute Gasteiger partial charge is 0.00382 e. The lowest BCUT2D eigenvalue weighted by Gasteiger charge is -2.32. The predicted octanol–water partition coefficient (Wildman–Crippen LogP) is 2.13. The highest BCUT2D eigenvalue weighted by atomic mass is 15.2. The fourth-order valence-corrected chi connectivity index (χ4v) is 3.26. The maximum absolute atomic E-state index is 2.50. The minimum Gasteiger partial charge on any atom is -0.305 e. The van der Waals surface area contributed by atoms with Crippen molar-refractivity contribution in [3.63, 3.8) is 0 Å². The molecule has 1 aliphatic heterocycles. The molecule has 1 heterocycles. The standard InChI is InChI=1S/C10H19N/c1-9-5-4-6-10(9,2)8-11(3)7-9/h4-8H2,1-3H3. The molecule has 2 atom stereocenters. The van der Waals surface area contributed by atoms with Gasteiger partial charge < -0.3 is 4.90 Å². The van der Waals surface area contributed by atoms with Crippen LogP contribution in [0.5, 0.6) is 0 Å². The van der Waals surface area contributed by atoms with Crippen LogP contribution in [-0.4, -0.2) is 25.0 Å². The molecule has 2 unspecified atom stereocenters. The number of hydrogen-bond acceptors (Lipinski definition) is 1. The fourth-order valence-electron chi connectivity index (χ4n) is 3.26. The maximum Gasteiger partial charge on any atom is 0.00382 e. The Hall–Kier alpha value is -0.0400. The van der Waals surface area contributed by atoms with Crippen molar-refractivity contribution in [3.8, 4) is 0 Å². The van der Waals surface area contributed by atoms with Gasteiger partial charge in [-0.15, -0.1) is 0 Å². The van der Waals surface area contributed by atoms with E-state index in [1.54, 1.807) is 0 Å². The molecule has 1 nitrogen and oxygen atoms in total. The molecule has 0 N–H and O–H groups in total. The Balaban J connectivity index is 2.28. The van der Waals surface area contributed by atoms with Gasteiger partial charge in [0, 0.05) is 13.1 Å². The Kier molecular flexibility index (Phi) is 1.39. The molecule has 2 aliphatic rings. The number of nitrogens with zero attached hydrogens (tertiary/aromatic N) is 1. The molecule has 0 aromatic carbocycles. The highest BCUT2D eigenvalue weighted by Crippen LogP contribution is 2.56. The van der Waals surface area contributed by atoms with Crippen LogP contribution in [-0.2, 0) is 0 Å². The molecule has 0 bridgehead atoms. The van der Waals surface area contributed by atoms with Gasteiger partial charge >= 0.3 is 0 Å². The monoisotopic (exact) mass is 153 g/mol. The van der Waals surface area contributed by atoms with Crippen molar-refractivity contribution in [1.82, 2.24) is 4.90 Å². The Morgan fingerprint density at radius 1 is 1.00 bits per heavy atom. The van der Waals surface area contributed by atoms with Crippen LogP contribution in [0.1, 0.15) is 33.1 Å². The average molecular weight is 153 g/mol. The van der Waals surface area contributed by atoms with E-state index in [1.165, 1.54) is 32.4 Å². The SMILES string of the molecule is CN1CC2(C)CCCC2(C)C1. The lowest BCUT2D eigenvalue weighted by molar-refractivity contribution is 0.184. The van der Waals surface area contributed by atoms with E-state index in [9.17, 15) is 0 Å². The molecule has 0 aromatic rings. The third kappa shape index (κ3) is 0.868. The first-order valence-corrected chi connectivity index (χ1v) is 4.74. The first kappa shape index (κ1) is 7.60. The summed E-state index contributed by atoms with van der Waals surface area (Å²) < 4.78 is 0. The Labute approximate surface area is 69.8 Å². The summed E-state index contributed by atoms with van der Waals surface area (Å²) in [6.07, 6.45) is 4.36. The minimum atomic E-state index is 0.641. The normalized spacial score (nSPS) is 51.5. The van der Waals surface area contributed by atoms with E-state index in [4.69, 9.17) is 0 Å². The Bertz CT molecular complexity index is 160. The fraction of sp³-hybridized carbons (Fsp3) is 1.00. The summed E-state index contributed by atoms with van der Waals surface area (Å²) in [5.74, 6) is 0. The van der Waals surface area contributed by atoms with Gasteiger partial charge in [0.25, 0.3) is 0 Å². The van der Waals surface area contributed by atoms with Gasteiger partial charge in [0.2, 0.25) is 0 Å². The topological polar surface area (TPSA) is 3.24 Å². The van der Waals surface area contributed by atoms with Crippen molar-refractivity contribution in [1.29, 1.82) is 0 Å². The first-order valence-electron chi connectivity index (χ1n) is 4.74. The van der Waals surface area contributed by atoms with Crippen molar-refractivity contribution >= 4 is 0 Å². The average Bonchev–Trinajstić information content (AvgIpc) is 2.16. The number of likely N-dealkylation sites (tertiary alicyclic amines) is 1. The first-order chi connectivity index (χ1) is 5.06. The minimum absolute atomic E-state index is 0.641. The van der Waals surface area contributed by atoms with Crippen molar-refractivity contribution in [2.24, 2.45) is 10.8 Å². The molecule has 64 valence electrons. The van der Waals surface area contributed by atoms with Gasteiger partial charge in [0.05, 0.1) is 0 Å². The maximum atomic E-state index is 2.50. The van der Waals surface area contributed by atoms with Crippen LogP contribution in [0.25, 0.3) is 0 Å². The van der Waals surface area contributed by atoms with E-state index >= 15 is 0 Å². The van der Waals surface area contributed by atoms with Crippen molar-refractivity contribution in [2.75, 3.05) is 20.1 Å². The van der Waals surface area contributed by atoms with Crippen LogP contribution in [0, 0.1) is 10.8 Å². The van der Waals surface area contributed by atoms with Crippen LogP contribution in [0.4, 0.5) is 0 Å². The number of hydrogen-bond donors (Lipinski definition) is 0. The second-order valence-corrected chi connectivity index (χ2v) is 5.15. The highest BCUT2D eigenvalue weighted by molar-refractivity contribution is 5.05. The van der Waals surface area contributed by atoms with Gasteiger partial charge in [-0.3, -0.25) is 0 Å². The molecule has 2 fully saturated rings. The van der Waals surface area contributed by atoms with E-state index < -0.39 is 0 Å². The Morgan fingerprint density at radius 3 is 1.91 bits per heavy atom. The summed E-state index contributed by atoms with van der Waals surface area (Å²) in [7, 11) is 2.26. The summed E-state index contributed by atoms with van der Waals surface area (Å²) in [5.41, 5.74) is 1.28. The quantitative estimate of drug-likeness (QED) is 0.515. The highest BCUT2D eigenvalue weighted by Gasteiger charge is 2.53. The summed E-state index contributed by atoms with van der Waals surface area (Å²) in [6, 6.07) is 0. The Morgan fingerprint density at radius 2 is 1.45 bits per heavy atom. The molecular weight excluding hydrogens is 134 g/mol. The number of rotatable bonds is 0. The van der Waals surface area contributed by atoms with Crippen LogP contribution in [0.15, 0.2) is 0 Å². The van der Waals surface area contributed by atoms with Crippen molar-refractivity contribution < 1.29 is 0 Å². The largest absolute Gasteiger partial charge is 0.305 e. The molecule has 11 heavy (non-hydrogen) atoms. The van der Waals surface area contributed by atoms with Gasteiger partial charge in [0.1, 0.15) is 0 Å². The predicted molar refractivity (Wildman–Crippen MR) is 47.6 cm³/mol. The summed E-state index contributed by atoms with van der Waals surface area (Å²) in [5, 5.41) is 0. The summed E-state index contributed by atoms with van der Waals surface area (Å²) >= 11 is 0. The lowest BCUT2D eigenvalue weighted by Crippen LogP contribution is -2.30. The van der Waals surface area contributed by atoms with Gasteiger partial charge in [-0.2, -0.15) is 0 Å². The van der Waals surface area contributed by atoms with Crippen molar-refractivity contribution in [3.05, 3.63) is 0 Å². The van der Waals surface area contributed by atoms with E-state index in [1.807, 2.05) is 0 Å². The van der Waals surface area contributed by atoms with E-state index in [2.05, 4.69) is 25.8 Å². The summed E-state index contributed by atoms with van der Waals surface area (Å²) in [4.78, 5) is 2.50. The zero-order chi connectivity index (χ0) is 8.11. The third-order valence-corrected chi connectivity index (χ3v) is 4.15. The van der Waals surface area contributed by atoms with E-state index in [0.29, 0.717) is 10.8 Å². The van der Waals surface area contributed by atoms with Crippen LogP contribution in [0.2, 0.25) is 0 Å². The summed E-state index contributed by atoms with van der Waals surface area (Å²) in [6.45, 7) is 7.60. The molecule has 0 aromatic heterocycles. The second kappa shape index (κ2) is 2.01. The van der Waals surface area contributed by atoms with Crippen molar-refractivity contribution in [2.45, 2.75) is 33.1 Å². The van der Waals surface area contributed by atoms with Gasteiger partial charge in [-0.25, -0.2) is 0 Å². The second-order valence-electron chi connectivity index (χ2n) is 5.15. The van der Waals surface area contributed by atoms with E-state index in [0.717, 1.165) is 0 Å². The van der Waals surface area contributed by atoms with E-state index in [-0.39, 0.29) is 0 Å². The molecule has 2 rings (SSSR count). The third-order valence-electron chi connectivity index (χ3n) is 4.15. The van der Waals surface area contributed by atoms with Crippen LogP contribution in [0.3, 0.4) is 0 Å². The molecule has 1 saturated heterocycles. The van der Waals surface area contributed by atoms with Crippen LogP contribution >= 0.6 is 0 Å². The molecule has 0 amide bonds. The molecule has 1 aliphatic carbocycles. The van der Waals surface area contributed by atoms with Crippen LogP contribution < -0.4 is 0 Å². The zero-order valence-electron chi connectivity index (χ0n) is 7.98. The number of fused-ring (bicyclic) bond motifs is 1. The lowest BCUT2D eigenvalue weighted by atomic mass is 9.71. The molecule has 1 heteroatoms. The molecular formula is C10H19N.